The van der Waals surface area contributed by atoms with Gasteiger partial charge in [-0.15, -0.1) is 11.3 Å². The maximum absolute atomic E-state index is 13.5. The predicted molar refractivity (Wildman–Crippen MR) is 128 cm³/mol. The van der Waals surface area contributed by atoms with E-state index in [4.69, 9.17) is 21.3 Å². The molecular weight excluding hydrogens is 468 g/mol. The molecule has 32 heavy (non-hydrogen) atoms. The summed E-state index contributed by atoms with van der Waals surface area (Å²) in [4.78, 5) is 35.7. The summed E-state index contributed by atoms with van der Waals surface area (Å²) < 4.78 is 8.51. The molecule has 5 aromatic rings. The Morgan fingerprint density at radius 2 is 1.97 bits per heavy atom. The number of fused-ring (bicyclic) bond motifs is 2. The lowest BCUT2D eigenvalue weighted by Crippen LogP contribution is -2.22. The maximum atomic E-state index is 13.5. The van der Waals surface area contributed by atoms with Gasteiger partial charge in [0.1, 0.15) is 5.75 Å². The predicted octanol–water partition coefficient (Wildman–Crippen LogP) is 4.41. The zero-order valence-corrected chi connectivity index (χ0v) is 19.1. The van der Waals surface area contributed by atoms with Crippen molar-refractivity contribution in [3.63, 3.8) is 0 Å². The Morgan fingerprint density at radius 1 is 1.12 bits per heavy atom. The molecule has 3 aromatic heterocycles. The molecule has 0 aliphatic heterocycles. The lowest BCUT2D eigenvalue weighted by Gasteiger charge is -2.15. The molecule has 0 aliphatic rings. The van der Waals surface area contributed by atoms with E-state index in [9.17, 15) is 9.59 Å². The summed E-state index contributed by atoms with van der Waals surface area (Å²) in [5.74, 6) is 0.903. The van der Waals surface area contributed by atoms with Crippen molar-refractivity contribution in [2.75, 3.05) is 7.11 Å². The van der Waals surface area contributed by atoms with Crippen molar-refractivity contribution in [1.82, 2.24) is 18.9 Å². The highest BCUT2D eigenvalue weighted by atomic mass is 35.5. The summed E-state index contributed by atoms with van der Waals surface area (Å²) in [5.41, 5.74) is 1.30. The first-order chi connectivity index (χ1) is 15.5. The number of hydrogen-bond acceptors (Lipinski definition) is 7. The Kier molecular flexibility index (Phi) is 5.46. The fraction of sp³-hybridized carbons (Fsp3) is 0.0909. The Hall–Kier alpha value is -3.14. The first-order valence-electron chi connectivity index (χ1n) is 9.49. The second kappa shape index (κ2) is 8.42. The Bertz CT molecular complexity index is 1590. The minimum Gasteiger partial charge on any atom is -0.495 e. The van der Waals surface area contributed by atoms with Crippen molar-refractivity contribution in [1.29, 1.82) is 0 Å². The van der Waals surface area contributed by atoms with Crippen LogP contribution in [0, 0.1) is 0 Å². The van der Waals surface area contributed by atoms with Crippen molar-refractivity contribution in [2.24, 2.45) is 0 Å². The zero-order valence-electron chi connectivity index (χ0n) is 16.7. The second-order valence-corrected chi connectivity index (χ2v) is 9.05. The molecule has 0 N–H and O–H groups in total. The number of para-hydroxylation sites is 2. The Morgan fingerprint density at radius 3 is 2.81 bits per heavy atom. The third-order valence-electron chi connectivity index (χ3n) is 4.83. The Labute approximate surface area is 194 Å². The molecule has 0 bridgehead atoms. The zero-order chi connectivity index (χ0) is 22.2. The number of halogens is 1. The van der Waals surface area contributed by atoms with Gasteiger partial charge in [-0.1, -0.05) is 35.5 Å². The number of thiazole rings is 1. The third-order valence-corrected chi connectivity index (χ3v) is 6.80. The van der Waals surface area contributed by atoms with Crippen LogP contribution in [0.4, 0.5) is 0 Å². The summed E-state index contributed by atoms with van der Waals surface area (Å²) in [7, 11) is 1.55. The summed E-state index contributed by atoms with van der Waals surface area (Å²) >= 11 is 8.85. The molecule has 10 heteroatoms. The van der Waals surface area contributed by atoms with E-state index in [-0.39, 0.29) is 11.1 Å². The molecule has 0 amide bonds. The molecule has 0 atom stereocenters. The van der Waals surface area contributed by atoms with E-state index in [1.165, 1.54) is 38.1 Å². The maximum Gasteiger partial charge on any atom is 0.266 e. The van der Waals surface area contributed by atoms with Crippen LogP contribution in [0.3, 0.4) is 0 Å². The van der Waals surface area contributed by atoms with Gasteiger partial charge in [-0.2, -0.15) is 0 Å². The molecule has 0 radical (unpaired) electrons. The Balaban J connectivity index is 1.66. The third kappa shape index (κ3) is 3.68. The molecule has 0 spiro atoms. The van der Waals surface area contributed by atoms with Crippen LogP contribution in [0.5, 0.6) is 5.75 Å². The van der Waals surface area contributed by atoms with Gasteiger partial charge in [-0.05, 0) is 30.3 Å². The summed E-state index contributed by atoms with van der Waals surface area (Å²) in [6, 6.07) is 13.7. The number of benzene rings is 2. The highest BCUT2D eigenvalue weighted by Crippen LogP contribution is 2.29. The van der Waals surface area contributed by atoms with Gasteiger partial charge in [0.25, 0.3) is 11.1 Å². The quantitative estimate of drug-likeness (QED) is 0.273. The van der Waals surface area contributed by atoms with Crippen molar-refractivity contribution in [2.45, 2.75) is 10.9 Å². The van der Waals surface area contributed by atoms with Crippen LogP contribution in [0.2, 0.25) is 5.02 Å². The van der Waals surface area contributed by atoms with Gasteiger partial charge in [0.15, 0.2) is 10.1 Å². The average Bonchev–Trinajstić information content (AvgIpc) is 3.27. The van der Waals surface area contributed by atoms with Crippen LogP contribution in [0.25, 0.3) is 21.6 Å². The minimum absolute atomic E-state index is 0.146. The largest absolute Gasteiger partial charge is 0.495 e. The van der Waals surface area contributed by atoms with Crippen LogP contribution in [-0.4, -0.2) is 26.0 Å². The van der Waals surface area contributed by atoms with E-state index in [0.29, 0.717) is 48.9 Å². The van der Waals surface area contributed by atoms with E-state index < -0.39 is 0 Å². The molecule has 0 saturated heterocycles. The second-order valence-electron chi connectivity index (χ2n) is 6.80. The molecule has 3 heterocycles. The van der Waals surface area contributed by atoms with Crippen LogP contribution in [0.1, 0.15) is 5.69 Å². The standard InChI is InChI=1S/C22H15ClN4O3S2/c1-30-18-5-3-2-4-17(18)27-20(29)15-7-6-13(23)10-16(15)25-22(27)32-12-14-11-19(28)26-8-9-31-21(26)24-14/h2-11H,12H2,1H3. The monoisotopic (exact) mass is 482 g/mol. The van der Waals surface area contributed by atoms with Crippen LogP contribution < -0.4 is 15.9 Å². The van der Waals surface area contributed by atoms with Crippen LogP contribution in [0.15, 0.2) is 74.9 Å². The number of ether oxygens (including phenoxy) is 1. The van der Waals surface area contributed by atoms with Gasteiger partial charge < -0.3 is 4.74 Å². The lowest BCUT2D eigenvalue weighted by atomic mass is 10.2. The topological polar surface area (TPSA) is 78.5 Å². The SMILES string of the molecule is COc1ccccc1-n1c(SCc2cc(=O)n3ccsc3n2)nc2cc(Cl)ccc2c1=O. The fourth-order valence-corrected chi connectivity index (χ4v) is 5.17. The van der Waals surface area contributed by atoms with E-state index in [0.717, 1.165) is 0 Å². The fourth-order valence-electron chi connectivity index (χ4n) is 3.36. The van der Waals surface area contributed by atoms with Crippen molar-refractivity contribution in [3.8, 4) is 11.4 Å². The number of rotatable bonds is 5. The van der Waals surface area contributed by atoms with E-state index >= 15 is 0 Å². The van der Waals surface area contributed by atoms with Gasteiger partial charge in [0.2, 0.25) is 0 Å². The van der Waals surface area contributed by atoms with Gasteiger partial charge in [0, 0.05) is 28.4 Å². The molecule has 5 rings (SSSR count). The summed E-state index contributed by atoms with van der Waals surface area (Å²) in [6.07, 6.45) is 1.69. The van der Waals surface area contributed by atoms with Crippen molar-refractivity contribution in [3.05, 3.63) is 91.5 Å². The number of hydrogen-bond donors (Lipinski definition) is 0. The number of nitrogens with zero attached hydrogens (tertiary/aromatic N) is 4. The lowest BCUT2D eigenvalue weighted by molar-refractivity contribution is 0.411. The molecule has 7 nitrogen and oxygen atoms in total. The van der Waals surface area contributed by atoms with E-state index in [1.807, 2.05) is 17.5 Å². The van der Waals surface area contributed by atoms with Crippen LogP contribution in [-0.2, 0) is 5.75 Å². The minimum atomic E-state index is -0.236. The van der Waals surface area contributed by atoms with E-state index in [1.54, 1.807) is 43.6 Å². The molecule has 0 fully saturated rings. The highest BCUT2D eigenvalue weighted by Gasteiger charge is 2.17. The molecule has 0 aliphatic carbocycles. The van der Waals surface area contributed by atoms with Crippen molar-refractivity contribution >= 4 is 50.6 Å². The number of thioether (sulfide) groups is 1. The van der Waals surface area contributed by atoms with Gasteiger partial charge in [0.05, 0.1) is 29.4 Å². The van der Waals surface area contributed by atoms with Gasteiger partial charge in [-0.25, -0.2) is 9.97 Å². The van der Waals surface area contributed by atoms with Gasteiger partial charge >= 0.3 is 0 Å². The van der Waals surface area contributed by atoms with Gasteiger partial charge in [-0.3, -0.25) is 18.6 Å². The normalized spacial score (nSPS) is 11.3. The number of methoxy groups -OCH3 is 1. The molecular formula is C22H15ClN4O3S2. The van der Waals surface area contributed by atoms with Crippen LogP contribution >= 0.6 is 34.7 Å². The summed E-state index contributed by atoms with van der Waals surface area (Å²) in [5, 5.41) is 3.20. The van der Waals surface area contributed by atoms with Crippen molar-refractivity contribution < 1.29 is 4.74 Å². The first-order valence-corrected chi connectivity index (χ1v) is 11.7. The highest BCUT2D eigenvalue weighted by molar-refractivity contribution is 7.98. The summed E-state index contributed by atoms with van der Waals surface area (Å²) in [6.45, 7) is 0. The number of aromatic nitrogens is 4. The smallest absolute Gasteiger partial charge is 0.266 e. The molecule has 160 valence electrons. The van der Waals surface area contributed by atoms with E-state index in [2.05, 4.69) is 4.98 Å². The molecule has 0 saturated carbocycles. The molecule has 0 unspecified atom stereocenters. The molecule has 2 aromatic carbocycles. The average molecular weight is 483 g/mol. The first kappa shape index (κ1) is 20.7.